The highest BCUT2D eigenvalue weighted by atomic mass is 16.2. The van der Waals surface area contributed by atoms with Crippen LogP contribution < -0.4 is 19.6 Å². The summed E-state index contributed by atoms with van der Waals surface area (Å²) in [5.74, 6) is 2.80. The van der Waals surface area contributed by atoms with E-state index >= 15 is 0 Å². The molecule has 2 fully saturated rings. The van der Waals surface area contributed by atoms with Gasteiger partial charge in [0.25, 0.3) is 11.8 Å². The van der Waals surface area contributed by atoms with E-state index in [2.05, 4.69) is 97.5 Å². The monoisotopic (exact) mass is 1000 g/mol. The molecule has 0 radical (unpaired) electrons. The third-order valence-electron chi connectivity index (χ3n) is 15.2. The van der Waals surface area contributed by atoms with Gasteiger partial charge in [-0.2, -0.15) is 9.97 Å². The summed E-state index contributed by atoms with van der Waals surface area (Å²) in [4.78, 5) is 95.8. The Kier molecular flexibility index (Phi) is 15.5. The molecule has 18 heteroatoms. The molecule has 4 amide bonds. The Morgan fingerprint density at radius 2 is 0.905 bits per heavy atom. The lowest BCUT2D eigenvalue weighted by Crippen LogP contribution is -2.48. The molecule has 0 N–H and O–H groups in total. The predicted molar refractivity (Wildman–Crippen MR) is 289 cm³/mol. The number of pyridine rings is 2. The molecule has 4 aliphatic heterocycles. The molecule has 388 valence electrons. The van der Waals surface area contributed by atoms with Gasteiger partial charge in [0, 0.05) is 126 Å². The van der Waals surface area contributed by atoms with Crippen LogP contribution in [0.2, 0.25) is 0 Å². The number of piperazine rings is 2. The Bertz CT molecular complexity index is 2840. The summed E-state index contributed by atoms with van der Waals surface area (Å²) in [5, 5.41) is 4.52. The van der Waals surface area contributed by atoms with Crippen molar-refractivity contribution in [1.29, 1.82) is 0 Å². The molecule has 2 aromatic carbocycles. The molecule has 4 aromatic heterocycles. The molecule has 8 heterocycles. The average Bonchev–Trinajstić information content (AvgIpc) is 3.96. The highest BCUT2D eigenvalue weighted by molar-refractivity contribution is 5.99. The van der Waals surface area contributed by atoms with E-state index in [1.54, 1.807) is 13.8 Å². The van der Waals surface area contributed by atoms with Crippen LogP contribution in [-0.4, -0.2) is 151 Å². The fourth-order valence-corrected chi connectivity index (χ4v) is 10.2. The molecule has 18 nitrogen and oxygen atoms in total. The minimum Gasteiger partial charge on any atom is -0.351 e. The molecule has 2 unspecified atom stereocenters. The van der Waals surface area contributed by atoms with Crippen molar-refractivity contribution >= 4 is 68.7 Å². The second-order valence-electron chi connectivity index (χ2n) is 19.8. The summed E-state index contributed by atoms with van der Waals surface area (Å²) in [6.07, 6.45) is 5.58. The zero-order valence-corrected chi connectivity index (χ0v) is 44.3. The molecular weight excluding hydrogens is 933 g/mol. The molecule has 0 spiro atoms. The van der Waals surface area contributed by atoms with E-state index in [9.17, 15) is 19.2 Å². The molecule has 10 rings (SSSR count). The number of hydrogen-bond donors (Lipinski definition) is 0. The number of aromatic nitrogens is 6. The number of anilines is 4. The Balaban J connectivity index is 0.000000182. The van der Waals surface area contributed by atoms with E-state index in [0.29, 0.717) is 115 Å². The van der Waals surface area contributed by atoms with Crippen LogP contribution in [0.15, 0.2) is 73.1 Å². The molecule has 4 aliphatic rings. The van der Waals surface area contributed by atoms with E-state index in [4.69, 9.17) is 29.9 Å². The first-order chi connectivity index (χ1) is 35.8. The van der Waals surface area contributed by atoms with Gasteiger partial charge in [0.05, 0.1) is 37.6 Å². The van der Waals surface area contributed by atoms with Crippen molar-refractivity contribution in [2.75, 3.05) is 85.0 Å². The van der Waals surface area contributed by atoms with Crippen molar-refractivity contribution < 1.29 is 19.2 Å². The lowest BCUT2D eigenvalue weighted by atomic mass is 10.1. The van der Waals surface area contributed by atoms with Gasteiger partial charge in [0.15, 0.2) is 0 Å². The van der Waals surface area contributed by atoms with Crippen molar-refractivity contribution in [3.05, 3.63) is 107 Å². The molecule has 6 aromatic rings. The highest BCUT2D eigenvalue weighted by Crippen LogP contribution is 2.36. The number of hydrogen-bond acceptors (Lipinski definition) is 14. The predicted octanol–water partition coefficient (Wildman–Crippen LogP) is 6.95. The minimum atomic E-state index is -0.0310. The van der Waals surface area contributed by atoms with E-state index in [1.165, 1.54) is 0 Å². The van der Waals surface area contributed by atoms with Crippen LogP contribution >= 0.6 is 0 Å². The number of fused-ring (bicyclic) bond motifs is 4. The Morgan fingerprint density at radius 1 is 0.541 bits per heavy atom. The lowest BCUT2D eigenvalue weighted by Gasteiger charge is -2.35. The first-order valence-electron chi connectivity index (χ1n) is 26.4. The van der Waals surface area contributed by atoms with Gasteiger partial charge in [-0.05, 0) is 63.4 Å². The molecule has 0 bridgehead atoms. The highest BCUT2D eigenvalue weighted by Gasteiger charge is 2.39. The second kappa shape index (κ2) is 22.3. The number of carbonyl (C=O) groups excluding carboxylic acids is 4. The van der Waals surface area contributed by atoms with E-state index in [-0.39, 0.29) is 35.7 Å². The van der Waals surface area contributed by atoms with Crippen molar-refractivity contribution in [2.24, 2.45) is 0 Å². The third kappa shape index (κ3) is 10.6. The molecular formula is C56H70N14O4. The number of benzene rings is 2. The standard InChI is InChI=1S/2C28H35N7O2/c2*1-5-19(3)35-18-24-25(27(35)37)30-28(34-13-11-33(12-14-34)20(4)36)31-26(24)32(6-2)17-23-15-21-9-7-8-10-22(21)16-29-23/h2*7-10,15-16,19H,5-6,11-14,17-18H2,1-4H3. The van der Waals surface area contributed by atoms with Crippen LogP contribution in [0.25, 0.3) is 21.5 Å². The fraction of sp³-hybridized carbons (Fsp3) is 0.464. The van der Waals surface area contributed by atoms with Crippen molar-refractivity contribution in [2.45, 2.75) is 106 Å². The van der Waals surface area contributed by atoms with Crippen LogP contribution in [-0.2, 0) is 35.8 Å². The smallest absolute Gasteiger partial charge is 0.273 e. The van der Waals surface area contributed by atoms with E-state index in [0.717, 1.165) is 68.5 Å². The molecule has 0 aliphatic carbocycles. The van der Waals surface area contributed by atoms with Crippen LogP contribution in [0.5, 0.6) is 0 Å². The quantitative estimate of drug-likeness (QED) is 0.110. The summed E-state index contributed by atoms with van der Waals surface area (Å²) < 4.78 is 0. The Hall–Kier alpha value is -7.50. The SMILES string of the molecule is CCC(C)N1Cc2c(nc(N3CCN(C(C)=O)CC3)nc2N(CC)Cc2cc3ccccc3cn2)C1=O.CCC(C)N1Cc2c(nc(N3CCN(C(C)=O)CC3)nc2N(CC)Cc2cc3ccccc3cn2)C1=O. The second-order valence-corrected chi connectivity index (χ2v) is 19.8. The Morgan fingerprint density at radius 3 is 1.24 bits per heavy atom. The summed E-state index contributed by atoms with van der Waals surface area (Å²) in [7, 11) is 0. The maximum atomic E-state index is 13.5. The van der Waals surface area contributed by atoms with Gasteiger partial charge in [0.1, 0.15) is 23.0 Å². The first kappa shape index (κ1) is 51.4. The molecule has 2 atom stereocenters. The topological polar surface area (TPSA) is 172 Å². The van der Waals surface area contributed by atoms with Gasteiger partial charge in [-0.1, -0.05) is 62.4 Å². The van der Waals surface area contributed by atoms with Gasteiger partial charge in [-0.15, -0.1) is 0 Å². The zero-order valence-electron chi connectivity index (χ0n) is 44.3. The molecule has 2 saturated heterocycles. The van der Waals surface area contributed by atoms with Gasteiger partial charge < -0.3 is 39.2 Å². The molecule has 74 heavy (non-hydrogen) atoms. The summed E-state index contributed by atoms with van der Waals surface area (Å²) in [6.45, 7) is 24.4. The van der Waals surface area contributed by atoms with Gasteiger partial charge in [0.2, 0.25) is 23.7 Å². The number of rotatable bonds is 14. The summed E-state index contributed by atoms with van der Waals surface area (Å²) >= 11 is 0. The summed E-state index contributed by atoms with van der Waals surface area (Å²) in [6, 6.07) is 20.9. The third-order valence-corrected chi connectivity index (χ3v) is 15.2. The fourth-order valence-electron chi connectivity index (χ4n) is 10.2. The number of carbonyl (C=O) groups is 4. The number of nitrogens with zero attached hydrogens (tertiary/aromatic N) is 14. The Labute approximate surface area is 434 Å². The number of amides is 4. The van der Waals surface area contributed by atoms with Gasteiger partial charge >= 0.3 is 0 Å². The van der Waals surface area contributed by atoms with Gasteiger partial charge in [-0.25, -0.2) is 9.97 Å². The summed E-state index contributed by atoms with van der Waals surface area (Å²) in [5.41, 5.74) is 4.68. The average molecular weight is 1000 g/mol. The first-order valence-corrected chi connectivity index (χ1v) is 26.4. The van der Waals surface area contributed by atoms with Crippen molar-refractivity contribution in [1.82, 2.24) is 49.5 Å². The van der Waals surface area contributed by atoms with E-state index < -0.39 is 0 Å². The normalized spacial score (nSPS) is 16.3. The van der Waals surface area contributed by atoms with Crippen molar-refractivity contribution in [3.63, 3.8) is 0 Å². The molecule has 0 saturated carbocycles. The largest absolute Gasteiger partial charge is 0.351 e. The minimum absolute atomic E-state index is 0.0310. The van der Waals surface area contributed by atoms with Crippen LogP contribution in [0.4, 0.5) is 23.5 Å². The maximum Gasteiger partial charge on any atom is 0.273 e. The van der Waals surface area contributed by atoms with E-state index in [1.807, 2.05) is 56.3 Å². The maximum absolute atomic E-state index is 13.5. The van der Waals surface area contributed by atoms with Crippen LogP contribution in [0.1, 0.15) is 112 Å². The van der Waals surface area contributed by atoms with Crippen LogP contribution in [0.3, 0.4) is 0 Å². The zero-order chi connectivity index (χ0) is 52.2. The van der Waals surface area contributed by atoms with Crippen molar-refractivity contribution in [3.8, 4) is 0 Å². The lowest BCUT2D eigenvalue weighted by molar-refractivity contribution is -0.129. The van der Waals surface area contributed by atoms with Gasteiger partial charge in [-0.3, -0.25) is 29.1 Å². The van der Waals surface area contributed by atoms with Crippen LogP contribution in [0, 0.1) is 0 Å².